The summed E-state index contributed by atoms with van der Waals surface area (Å²) >= 11 is 1.37. The van der Waals surface area contributed by atoms with Gasteiger partial charge in [0.2, 0.25) is 0 Å². The number of aromatic nitrogens is 3. The molecular weight excluding hydrogens is 519 g/mol. The second-order valence-electron chi connectivity index (χ2n) is 8.30. The van der Waals surface area contributed by atoms with Crippen LogP contribution in [0.3, 0.4) is 0 Å². The minimum atomic E-state index is -4.57. The SMILES string of the molecule is O=S(=O)(c1ccccc1)n1cc(-c2cc(-c3ccsc3)c3c(C(F)(F)F)cccc3n2)c2cccnc21. The monoisotopic (exact) mass is 535 g/mol. The van der Waals surface area contributed by atoms with Crippen LogP contribution in [0.15, 0.2) is 101 Å². The summed E-state index contributed by atoms with van der Waals surface area (Å²) in [5.41, 5.74) is 1.35. The van der Waals surface area contributed by atoms with Gasteiger partial charge in [0.15, 0.2) is 5.65 Å². The second kappa shape index (κ2) is 8.53. The van der Waals surface area contributed by atoms with Crippen molar-refractivity contribution in [2.75, 3.05) is 0 Å². The number of fused-ring (bicyclic) bond motifs is 2. The molecule has 184 valence electrons. The topological polar surface area (TPSA) is 64.8 Å². The van der Waals surface area contributed by atoms with Crippen LogP contribution in [0.25, 0.3) is 44.3 Å². The van der Waals surface area contributed by atoms with Crippen molar-refractivity contribution in [2.45, 2.75) is 11.1 Å². The van der Waals surface area contributed by atoms with Crippen LogP contribution in [0.4, 0.5) is 13.2 Å². The van der Waals surface area contributed by atoms with E-state index >= 15 is 0 Å². The van der Waals surface area contributed by atoms with Crippen LogP contribution in [-0.2, 0) is 16.2 Å². The van der Waals surface area contributed by atoms with Crippen LogP contribution in [0.2, 0.25) is 0 Å². The van der Waals surface area contributed by atoms with E-state index in [4.69, 9.17) is 0 Å². The number of hydrogen-bond acceptors (Lipinski definition) is 5. The number of thiophene rings is 1. The predicted octanol–water partition coefficient (Wildman–Crippen LogP) is 7.24. The number of pyridine rings is 2. The van der Waals surface area contributed by atoms with Crippen LogP contribution < -0.4 is 0 Å². The van der Waals surface area contributed by atoms with Gasteiger partial charge in [0, 0.05) is 28.7 Å². The highest BCUT2D eigenvalue weighted by atomic mass is 32.2. The molecule has 0 atom stereocenters. The fourth-order valence-corrected chi connectivity index (χ4v) is 6.43. The van der Waals surface area contributed by atoms with Crippen molar-refractivity contribution >= 4 is 43.3 Å². The molecule has 0 bridgehead atoms. The number of benzene rings is 2. The zero-order valence-electron chi connectivity index (χ0n) is 18.8. The smallest absolute Gasteiger partial charge is 0.248 e. The van der Waals surface area contributed by atoms with Crippen molar-refractivity contribution < 1.29 is 21.6 Å². The van der Waals surface area contributed by atoms with Crippen molar-refractivity contribution in [3.63, 3.8) is 0 Å². The molecule has 5 nitrogen and oxygen atoms in total. The molecule has 0 aliphatic rings. The highest BCUT2D eigenvalue weighted by Gasteiger charge is 2.34. The van der Waals surface area contributed by atoms with Crippen LogP contribution in [0, 0.1) is 0 Å². The van der Waals surface area contributed by atoms with Gasteiger partial charge in [-0.25, -0.2) is 22.4 Å². The summed E-state index contributed by atoms with van der Waals surface area (Å²) in [7, 11) is -4.00. The Morgan fingerprint density at radius 2 is 1.70 bits per heavy atom. The number of halogens is 3. The van der Waals surface area contributed by atoms with Gasteiger partial charge < -0.3 is 0 Å². The Kier molecular flexibility index (Phi) is 5.39. The summed E-state index contributed by atoms with van der Waals surface area (Å²) in [6, 6.07) is 18.6. The summed E-state index contributed by atoms with van der Waals surface area (Å²) in [6.45, 7) is 0. The lowest BCUT2D eigenvalue weighted by Crippen LogP contribution is -2.12. The van der Waals surface area contributed by atoms with E-state index in [1.807, 2.05) is 0 Å². The summed E-state index contributed by atoms with van der Waals surface area (Å²) in [5.74, 6) is 0. The average Bonchev–Trinajstić information content (AvgIpc) is 3.57. The predicted molar refractivity (Wildman–Crippen MR) is 138 cm³/mol. The first-order valence-electron chi connectivity index (χ1n) is 11.1. The minimum absolute atomic E-state index is 0.00378. The van der Waals surface area contributed by atoms with Crippen molar-refractivity contribution in [1.82, 2.24) is 13.9 Å². The van der Waals surface area contributed by atoms with Crippen LogP contribution >= 0.6 is 11.3 Å². The fourth-order valence-electron chi connectivity index (χ4n) is 4.43. The molecule has 2 aromatic carbocycles. The quantitative estimate of drug-likeness (QED) is 0.239. The van der Waals surface area contributed by atoms with Crippen LogP contribution in [0.1, 0.15) is 5.56 Å². The Balaban J connectivity index is 1.66. The zero-order valence-corrected chi connectivity index (χ0v) is 20.5. The molecule has 0 spiro atoms. The Morgan fingerprint density at radius 3 is 2.43 bits per heavy atom. The lowest BCUT2D eigenvalue weighted by atomic mass is 9.96. The van der Waals surface area contributed by atoms with Gasteiger partial charge in [-0.3, -0.25) is 0 Å². The van der Waals surface area contributed by atoms with E-state index in [9.17, 15) is 21.6 Å². The highest BCUT2D eigenvalue weighted by Crippen LogP contribution is 2.42. The molecule has 0 unspecified atom stereocenters. The molecule has 37 heavy (non-hydrogen) atoms. The molecule has 10 heteroatoms. The number of rotatable bonds is 4. The van der Waals surface area contributed by atoms with Gasteiger partial charge in [0.25, 0.3) is 10.0 Å². The fraction of sp³-hybridized carbons (Fsp3) is 0.0370. The molecule has 0 fully saturated rings. The summed E-state index contributed by atoms with van der Waals surface area (Å²) in [5, 5.41) is 4.07. The lowest BCUT2D eigenvalue weighted by molar-refractivity contribution is -0.136. The Hall–Kier alpha value is -4.02. The van der Waals surface area contributed by atoms with E-state index < -0.39 is 21.8 Å². The van der Waals surface area contributed by atoms with Gasteiger partial charge in [-0.1, -0.05) is 24.3 Å². The first-order chi connectivity index (χ1) is 17.7. The maximum Gasteiger partial charge on any atom is 0.417 e. The van der Waals surface area contributed by atoms with Crippen molar-refractivity contribution in [2.24, 2.45) is 0 Å². The lowest BCUT2D eigenvalue weighted by Gasteiger charge is -2.15. The standard InChI is InChI=1S/C27H16F3N3O2S2/c28-27(29,30)22-9-4-10-23-25(22)20(17-11-13-36-16-17)14-24(32-23)21-15-33(26-19(21)8-5-12-31-26)37(34,35)18-6-2-1-3-7-18/h1-16H. The summed E-state index contributed by atoms with van der Waals surface area (Å²) < 4.78 is 70.0. The average molecular weight is 536 g/mol. The zero-order chi connectivity index (χ0) is 25.8. The second-order valence-corrected chi connectivity index (χ2v) is 10.9. The van der Waals surface area contributed by atoms with Gasteiger partial charge in [0.1, 0.15) is 0 Å². The molecule has 4 heterocycles. The Morgan fingerprint density at radius 1 is 0.892 bits per heavy atom. The molecule has 0 N–H and O–H groups in total. The van der Waals surface area contributed by atoms with Gasteiger partial charge in [-0.2, -0.15) is 24.5 Å². The van der Waals surface area contributed by atoms with E-state index in [0.717, 1.165) is 10.0 Å². The Labute approximate surface area is 213 Å². The van der Waals surface area contributed by atoms with Crippen LogP contribution in [0.5, 0.6) is 0 Å². The molecule has 0 amide bonds. The number of hydrogen-bond donors (Lipinski definition) is 0. The molecule has 4 aromatic heterocycles. The number of alkyl halides is 3. The van der Waals surface area contributed by atoms with E-state index in [1.54, 1.807) is 53.2 Å². The minimum Gasteiger partial charge on any atom is -0.248 e. The molecule has 0 saturated carbocycles. The van der Waals surface area contributed by atoms with Gasteiger partial charge >= 0.3 is 6.18 Å². The van der Waals surface area contributed by atoms with Gasteiger partial charge in [-0.05, 0) is 70.4 Å². The summed E-state index contributed by atoms with van der Waals surface area (Å²) in [4.78, 5) is 8.97. The van der Waals surface area contributed by atoms with Crippen LogP contribution in [-0.4, -0.2) is 22.4 Å². The van der Waals surface area contributed by atoms with E-state index in [2.05, 4.69) is 9.97 Å². The summed E-state index contributed by atoms with van der Waals surface area (Å²) in [6.07, 6.45) is -1.65. The largest absolute Gasteiger partial charge is 0.417 e. The van der Waals surface area contributed by atoms with Gasteiger partial charge in [0.05, 0.1) is 21.7 Å². The third-order valence-corrected chi connectivity index (χ3v) is 8.43. The molecule has 6 aromatic rings. The molecule has 0 aliphatic heterocycles. The molecular formula is C27H16F3N3O2S2. The first kappa shape index (κ1) is 23.4. The van der Waals surface area contributed by atoms with E-state index in [1.165, 1.54) is 48.0 Å². The van der Waals surface area contributed by atoms with Crippen molar-refractivity contribution in [1.29, 1.82) is 0 Å². The van der Waals surface area contributed by atoms with Gasteiger partial charge in [-0.15, -0.1) is 0 Å². The third-order valence-electron chi connectivity index (χ3n) is 6.08. The van der Waals surface area contributed by atoms with E-state index in [-0.39, 0.29) is 21.4 Å². The number of nitrogens with zero attached hydrogens (tertiary/aromatic N) is 3. The normalized spacial score (nSPS) is 12.4. The maximum absolute atomic E-state index is 14.0. The maximum atomic E-state index is 14.0. The highest BCUT2D eigenvalue weighted by molar-refractivity contribution is 7.90. The Bertz CT molecular complexity index is 1880. The molecule has 0 radical (unpaired) electrons. The molecule has 0 saturated heterocycles. The molecule has 0 aliphatic carbocycles. The molecule has 6 rings (SSSR count). The first-order valence-corrected chi connectivity index (χ1v) is 13.4. The van der Waals surface area contributed by atoms with Crippen molar-refractivity contribution in [3.8, 4) is 22.4 Å². The van der Waals surface area contributed by atoms with E-state index in [0.29, 0.717) is 27.8 Å². The van der Waals surface area contributed by atoms with Crippen molar-refractivity contribution in [3.05, 3.63) is 102 Å². The third kappa shape index (κ3) is 3.89.